The smallest absolute Gasteiger partial charge is 0.144 e. The second-order valence-corrected chi connectivity index (χ2v) is 3.81. The summed E-state index contributed by atoms with van der Waals surface area (Å²) >= 11 is 0. The van der Waals surface area contributed by atoms with Gasteiger partial charge < -0.3 is 5.32 Å². The van der Waals surface area contributed by atoms with Crippen molar-refractivity contribution in [2.45, 2.75) is 19.3 Å². The van der Waals surface area contributed by atoms with E-state index in [4.69, 9.17) is 0 Å². The molecule has 0 spiro atoms. The zero-order chi connectivity index (χ0) is 10.1. The quantitative estimate of drug-likeness (QED) is 0.701. The van der Waals surface area contributed by atoms with E-state index in [0.717, 1.165) is 24.5 Å². The summed E-state index contributed by atoms with van der Waals surface area (Å²) in [5, 5.41) is 7.56. The van der Waals surface area contributed by atoms with Gasteiger partial charge in [0.15, 0.2) is 0 Å². The Hall–Kier alpha value is -1.16. The van der Waals surface area contributed by atoms with Crippen LogP contribution >= 0.6 is 0 Å². The van der Waals surface area contributed by atoms with Gasteiger partial charge in [0, 0.05) is 32.3 Å². The summed E-state index contributed by atoms with van der Waals surface area (Å²) in [7, 11) is 1.90. The summed E-state index contributed by atoms with van der Waals surface area (Å²) in [6.45, 7) is 3.54. The lowest BCUT2D eigenvalue weighted by atomic mass is 9.95. The molecule has 1 unspecified atom stereocenters. The highest BCUT2D eigenvalue weighted by molar-refractivity contribution is 5.86. The second kappa shape index (κ2) is 3.53. The average Bonchev–Trinajstić information content (AvgIpc) is 2.48. The molecule has 1 N–H and O–H groups in total. The monoisotopic (exact) mass is 193 g/mol. The van der Waals surface area contributed by atoms with Crippen LogP contribution in [0, 0.1) is 6.92 Å². The summed E-state index contributed by atoms with van der Waals surface area (Å²) < 4.78 is 1.82. The summed E-state index contributed by atoms with van der Waals surface area (Å²) in [4.78, 5) is 11.6. The molecule has 76 valence electrons. The number of ketones is 1. The molecule has 1 aliphatic rings. The van der Waals surface area contributed by atoms with Gasteiger partial charge in [0.1, 0.15) is 5.78 Å². The molecule has 1 atom stereocenters. The molecule has 1 aromatic rings. The van der Waals surface area contributed by atoms with Crippen molar-refractivity contribution in [3.8, 4) is 0 Å². The SMILES string of the molecule is Cc1cc(C2CNCCC2=O)nn1C. The van der Waals surface area contributed by atoms with Crippen LogP contribution in [0.4, 0.5) is 0 Å². The fourth-order valence-electron chi connectivity index (χ4n) is 1.77. The third-order valence-electron chi connectivity index (χ3n) is 2.77. The van der Waals surface area contributed by atoms with Crippen molar-refractivity contribution in [1.82, 2.24) is 15.1 Å². The fraction of sp³-hybridized carbons (Fsp3) is 0.600. The predicted molar refractivity (Wildman–Crippen MR) is 53.2 cm³/mol. The molecule has 4 nitrogen and oxygen atoms in total. The Labute approximate surface area is 83.3 Å². The maximum absolute atomic E-state index is 11.6. The molecule has 2 heterocycles. The van der Waals surface area contributed by atoms with Gasteiger partial charge in [-0.05, 0) is 13.0 Å². The lowest BCUT2D eigenvalue weighted by Crippen LogP contribution is -2.35. The molecule has 0 radical (unpaired) electrons. The topological polar surface area (TPSA) is 46.9 Å². The first kappa shape index (κ1) is 9.40. The van der Waals surface area contributed by atoms with Gasteiger partial charge in [0.25, 0.3) is 0 Å². The zero-order valence-electron chi connectivity index (χ0n) is 8.58. The van der Waals surface area contributed by atoms with Gasteiger partial charge in [-0.1, -0.05) is 0 Å². The van der Waals surface area contributed by atoms with E-state index in [9.17, 15) is 4.79 Å². The van der Waals surface area contributed by atoms with Crippen LogP contribution in [0.5, 0.6) is 0 Å². The number of nitrogens with one attached hydrogen (secondary N) is 1. The van der Waals surface area contributed by atoms with Gasteiger partial charge in [-0.3, -0.25) is 9.48 Å². The number of rotatable bonds is 1. The van der Waals surface area contributed by atoms with Crippen LogP contribution in [0.15, 0.2) is 6.07 Å². The lowest BCUT2D eigenvalue weighted by Gasteiger charge is -2.19. The van der Waals surface area contributed by atoms with Crippen molar-refractivity contribution in [3.05, 3.63) is 17.5 Å². The van der Waals surface area contributed by atoms with E-state index in [1.54, 1.807) is 0 Å². The minimum atomic E-state index is -0.0383. The number of nitrogens with zero attached hydrogens (tertiary/aromatic N) is 2. The van der Waals surface area contributed by atoms with Crippen LogP contribution in [-0.2, 0) is 11.8 Å². The molecule has 1 aliphatic heterocycles. The molecule has 0 bridgehead atoms. The Morgan fingerprint density at radius 3 is 3.00 bits per heavy atom. The van der Waals surface area contributed by atoms with Gasteiger partial charge in [0.05, 0.1) is 11.6 Å². The molecule has 1 fully saturated rings. The normalized spacial score (nSPS) is 22.7. The van der Waals surface area contributed by atoms with Crippen molar-refractivity contribution in [2.75, 3.05) is 13.1 Å². The Kier molecular flexibility index (Phi) is 2.37. The first-order valence-electron chi connectivity index (χ1n) is 4.92. The highest BCUT2D eigenvalue weighted by Crippen LogP contribution is 2.19. The highest BCUT2D eigenvalue weighted by Gasteiger charge is 2.25. The van der Waals surface area contributed by atoms with E-state index in [-0.39, 0.29) is 5.92 Å². The standard InChI is InChI=1S/C10H15N3O/c1-7-5-9(12-13(7)2)8-6-11-4-3-10(8)14/h5,8,11H,3-4,6H2,1-2H3. The van der Waals surface area contributed by atoms with Crippen LogP contribution in [-0.4, -0.2) is 28.7 Å². The first-order valence-corrected chi connectivity index (χ1v) is 4.92. The number of aromatic nitrogens is 2. The Morgan fingerprint density at radius 2 is 2.43 bits per heavy atom. The average molecular weight is 193 g/mol. The molecule has 0 amide bonds. The van der Waals surface area contributed by atoms with Gasteiger partial charge in [0.2, 0.25) is 0 Å². The Balaban J connectivity index is 2.24. The van der Waals surface area contributed by atoms with Crippen LogP contribution in [0.1, 0.15) is 23.7 Å². The van der Waals surface area contributed by atoms with E-state index in [2.05, 4.69) is 10.4 Å². The van der Waals surface area contributed by atoms with Crippen LogP contribution in [0.2, 0.25) is 0 Å². The van der Waals surface area contributed by atoms with Gasteiger partial charge in [-0.25, -0.2) is 0 Å². The minimum Gasteiger partial charge on any atom is -0.315 e. The summed E-state index contributed by atoms with van der Waals surface area (Å²) in [5.74, 6) is 0.269. The van der Waals surface area contributed by atoms with Gasteiger partial charge in [-0.15, -0.1) is 0 Å². The molecule has 1 saturated heterocycles. The number of Topliss-reactive ketones (excluding diaryl/α,β-unsaturated/α-hetero) is 1. The third-order valence-corrected chi connectivity index (χ3v) is 2.77. The van der Waals surface area contributed by atoms with E-state index >= 15 is 0 Å². The molecule has 0 aromatic carbocycles. The van der Waals surface area contributed by atoms with E-state index in [1.807, 2.05) is 24.7 Å². The molecule has 1 aromatic heterocycles. The molecule has 0 saturated carbocycles. The largest absolute Gasteiger partial charge is 0.315 e. The van der Waals surface area contributed by atoms with Gasteiger partial charge in [-0.2, -0.15) is 5.10 Å². The zero-order valence-corrected chi connectivity index (χ0v) is 8.58. The van der Waals surface area contributed by atoms with Crippen molar-refractivity contribution >= 4 is 5.78 Å². The molecule has 14 heavy (non-hydrogen) atoms. The van der Waals surface area contributed by atoms with E-state index < -0.39 is 0 Å². The minimum absolute atomic E-state index is 0.0383. The maximum Gasteiger partial charge on any atom is 0.144 e. The second-order valence-electron chi connectivity index (χ2n) is 3.81. The van der Waals surface area contributed by atoms with Crippen molar-refractivity contribution in [3.63, 3.8) is 0 Å². The molecular formula is C10H15N3O. The molecule has 4 heteroatoms. The van der Waals surface area contributed by atoms with E-state index in [1.165, 1.54) is 0 Å². The fourth-order valence-corrected chi connectivity index (χ4v) is 1.77. The van der Waals surface area contributed by atoms with E-state index in [0.29, 0.717) is 12.2 Å². The van der Waals surface area contributed by atoms with Crippen molar-refractivity contribution < 1.29 is 4.79 Å². The number of piperidine rings is 1. The molecule has 2 rings (SSSR count). The van der Waals surface area contributed by atoms with Crippen molar-refractivity contribution in [2.24, 2.45) is 7.05 Å². The van der Waals surface area contributed by atoms with Crippen LogP contribution < -0.4 is 5.32 Å². The van der Waals surface area contributed by atoms with Crippen molar-refractivity contribution in [1.29, 1.82) is 0 Å². The molecule has 0 aliphatic carbocycles. The summed E-state index contributed by atoms with van der Waals surface area (Å²) in [6.07, 6.45) is 0.625. The van der Waals surface area contributed by atoms with Crippen LogP contribution in [0.3, 0.4) is 0 Å². The molecular weight excluding hydrogens is 178 g/mol. The number of carbonyl (C=O) groups excluding carboxylic acids is 1. The Bertz CT molecular complexity index is 337. The number of aryl methyl sites for hydroxylation is 2. The number of hydrogen-bond donors (Lipinski definition) is 1. The summed E-state index contributed by atoms with van der Waals surface area (Å²) in [5.41, 5.74) is 2.00. The maximum atomic E-state index is 11.6. The number of carbonyl (C=O) groups is 1. The van der Waals surface area contributed by atoms with Gasteiger partial charge >= 0.3 is 0 Å². The summed E-state index contributed by atoms with van der Waals surface area (Å²) in [6, 6.07) is 2.00. The first-order chi connectivity index (χ1) is 6.68. The Morgan fingerprint density at radius 1 is 1.64 bits per heavy atom. The predicted octanol–water partition coefficient (Wildman–Crippen LogP) is 0.375. The third kappa shape index (κ3) is 1.57. The lowest BCUT2D eigenvalue weighted by molar-refractivity contribution is -0.121. The highest BCUT2D eigenvalue weighted by atomic mass is 16.1. The van der Waals surface area contributed by atoms with Crippen LogP contribution in [0.25, 0.3) is 0 Å². The number of hydrogen-bond acceptors (Lipinski definition) is 3.